The van der Waals surface area contributed by atoms with Crippen LogP contribution in [0.1, 0.15) is 86.1 Å². The number of phenolic OH excluding ortho intramolecular Hbond substituents is 2. The molecule has 2 N–H and O–H groups in total. The molecule has 234 valence electrons. The molecule has 4 rings (SSSR count). The summed E-state index contributed by atoms with van der Waals surface area (Å²) in [7, 11) is 0. The van der Waals surface area contributed by atoms with Gasteiger partial charge in [-0.1, -0.05) is 126 Å². The molecule has 0 fully saturated rings. The van der Waals surface area contributed by atoms with E-state index in [4.69, 9.17) is 0 Å². The first kappa shape index (κ1) is 33.3. The van der Waals surface area contributed by atoms with E-state index in [0.29, 0.717) is 24.6 Å². The van der Waals surface area contributed by atoms with Crippen LogP contribution in [0.2, 0.25) is 0 Å². The second-order valence-electron chi connectivity index (χ2n) is 14.5. The fraction of sp³-hybridized carbons (Fsp3) is 0.400. The summed E-state index contributed by atoms with van der Waals surface area (Å²) >= 11 is 0. The summed E-state index contributed by atoms with van der Waals surface area (Å²) in [4.78, 5) is 4.87. The van der Waals surface area contributed by atoms with Crippen molar-refractivity contribution in [3.05, 3.63) is 129 Å². The first-order valence-corrected chi connectivity index (χ1v) is 15.9. The molecule has 44 heavy (non-hydrogen) atoms. The second kappa shape index (κ2) is 14.0. The zero-order valence-electron chi connectivity index (χ0n) is 28.1. The van der Waals surface area contributed by atoms with Crippen molar-refractivity contribution in [1.82, 2.24) is 9.80 Å². The van der Waals surface area contributed by atoms with E-state index in [1.165, 1.54) is 22.3 Å². The van der Waals surface area contributed by atoms with E-state index >= 15 is 0 Å². The van der Waals surface area contributed by atoms with Crippen LogP contribution in [0, 0.1) is 13.8 Å². The molecule has 4 heteroatoms. The van der Waals surface area contributed by atoms with E-state index in [0.717, 1.165) is 48.4 Å². The summed E-state index contributed by atoms with van der Waals surface area (Å²) in [6.45, 7) is 21.8. The van der Waals surface area contributed by atoms with Gasteiger partial charge in [-0.25, -0.2) is 0 Å². The average Bonchev–Trinajstić information content (AvgIpc) is 2.96. The van der Waals surface area contributed by atoms with Gasteiger partial charge in [0.25, 0.3) is 0 Å². The zero-order chi connectivity index (χ0) is 32.1. The molecular formula is C40H52N2O2. The highest BCUT2D eigenvalue weighted by Crippen LogP contribution is 2.33. The lowest BCUT2D eigenvalue weighted by Gasteiger charge is -2.30. The molecular weight excluding hydrogens is 540 g/mol. The first-order valence-electron chi connectivity index (χ1n) is 15.9. The Morgan fingerprint density at radius 2 is 0.841 bits per heavy atom. The number of aryl methyl sites for hydroxylation is 2. The van der Waals surface area contributed by atoms with Crippen LogP contribution in [-0.2, 0) is 37.0 Å². The molecule has 0 saturated carbocycles. The van der Waals surface area contributed by atoms with Gasteiger partial charge in [-0.05, 0) is 58.1 Å². The van der Waals surface area contributed by atoms with Gasteiger partial charge in [0.15, 0.2) is 0 Å². The van der Waals surface area contributed by atoms with Gasteiger partial charge in [0.1, 0.15) is 11.5 Å². The lowest BCUT2D eigenvalue weighted by atomic mass is 9.84. The fourth-order valence-corrected chi connectivity index (χ4v) is 5.69. The number of aromatic hydroxyl groups is 2. The normalized spacial score (nSPS) is 12.3. The van der Waals surface area contributed by atoms with E-state index < -0.39 is 0 Å². The van der Waals surface area contributed by atoms with Gasteiger partial charge in [-0.3, -0.25) is 9.80 Å². The van der Waals surface area contributed by atoms with Crippen molar-refractivity contribution < 1.29 is 10.2 Å². The fourth-order valence-electron chi connectivity index (χ4n) is 5.69. The Hall–Kier alpha value is -3.60. The Labute approximate surface area is 266 Å². The molecule has 0 atom stereocenters. The third-order valence-corrected chi connectivity index (χ3v) is 8.51. The zero-order valence-corrected chi connectivity index (χ0v) is 28.1. The quantitative estimate of drug-likeness (QED) is 0.182. The summed E-state index contributed by atoms with van der Waals surface area (Å²) in [5, 5.41) is 22.3. The lowest BCUT2D eigenvalue weighted by Crippen LogP contribution is -2.34. The van der Waals surface area contributed by atoms with Gasteiger partial charge in [0.2, 0.25) is 0 Å². The van der Waals surface area contributed by atoms with Crippen LogP contribution in [0.5, 0.6) is 11.5 Å². The smallest absolute Gasteiger partial charge is 0.122 e. The molecule has 0 heterocycles. The van der Waals surface area contributed by atoms with Crippen LogP contribution in [0.3, 0.4) is 0 Å². The largest absolute Gasteiger partial charge is 0.507 e. The third-order valence-electron chi connectivity index (χ3n) is 8.51. The third kappa shape index (κ3) is 8.97. The van der Waals surface area contributed by atoms with Crippen molar-refractivity contribution in [2.75, 3.05) is 13.1 Å². The molecule has 0 unspecified atom stereocenters. The van der Waals surface area contributed by atoms with Crippen molar-refractivity contribution in [3.63, 3.8) is 0 Å². The minimum absolute atomic E-state index is 0.00826. The van der Waals surface area contributed by atoms with Crippen LogP contribution in [0.4, 0.5) is 0 Å². The highest BCUT2D eigenvalue weighted by atomic mass is 16.3. The van der Waals surface area contributed by atoms with Crippen molar-refractivity contribution in [3.8, 4) is 11.5 Å². The van der Waals surface area contributed by atoms with Crippen molar-refractivity contribution in [1.29, 1.82) is 0 Å². The van der Waals surface area contributed by atoms with Crippen LogP contribution < -0.4 is 0 Å². The van der Waals surface area contributed by atoms with Gasteiger partial charge in [0, 0.05) is 50.4 Å². The molecule has 0 aliphatic carbocycles. The first-order chi connectivity index (χ1) is 20.7. The topological polar surface area (TPSA) is 46.9 Å². The molecule has 4 aromatic carbocycles. The molecule has 0 spiro atoms. The second-order valence-corrected chi connectivity index (χ2v) is 14.5. The van der Waals surface area contributed by atoms with E-state index in [9.17, 15) is 10.2 Å². The van der Waals surface area contributed by atoms with Gasteiger partial charge in [0.05, 0.1) is 0 Å². The molecule has 4 nitrogen and oxygen atoms in total. The minimum atomic E-state index is -0.00826. The predicted octanol–water partition coefficient (Wildman–Crippen LogP) is 9.01. The summed E-state index contributed by atoms with van der Waals surface area (Å²) in [6, 6.07) is 29.7. The molecule has 0 aliphatic heterocycles. The Morgan fingerprint density at radius 1 is 0.500 bits per heavy atom. The monoisotopic (exact) mass is 592 g/mol. The maximum atomic E-state index is 11.2. The number of hydrogen-bond acceptors (Lipinski definition) is 4. The highest BCUT2D eigenvalue weighted by molar-refractivity contribution is 5.46. The van der Waals surface area contributed by atoms with Crippen molar-refractivity contribution >= 4 is 0 Å². The van der Waals surface area contributed by atoms with Crippen molar-refractivity contribution in [2.45, 2.75) is 92.4 Å². The number of nitrogens with zero attached hydrogens (tertiary/aromatic N) is 2. The minimum Gasteiger partial charge on any atom is -0.507 e. The molecule has 0 bridgehead atoms. The molecule has 0 amide bonds. The maximum absolute atomic E-state index is 11.2. The Morgan fingerprint density at radius 3 is 1.16 bits per heavy atom. The molecule has 4 aromatic rings. The summed E-state index contributed by atoms with van der Waals surface area (Å²) in [5.41, 5.74) is 8.71. The Bertz CT molecular complexity index is 1400. The van der Waals surface area contributed by atoms with E-state index in [2.05, 4.69) is 136 Å². The Balaban J connectivity index is 1.65. The van der Waals surface area contributed by atoms with Crippen LogP contribution in [0.15, 0.2) is 84.9 Å². The Kier molecular flexibility index (Phi) is 10.6. The number of rotatable bonds is 11. The van der Waals surface area contributed by atoms with E-state index in [1.807, 2.05) is 13.8 Å². The number of benzene rings is 4. The standard InChI is InChI=1S/C40H52N2O2/c1-29-21-35(39(3,4)5)23-33(37(29)43)27-41(25-31-15-11-9-12-16-31)19-20-42(26-32-17-13-10-14-18-32)28-34-24-36(40(6,7)8)22-30(2)38(34)44/h9-18,21-24,43-44H,19-20,25-28H2,1-8H3. The maximum Gasteiger partial charge on any atom is 0.122 e. The lowest BCUT2D eigenvalue weighted by molar-refractivity contribution is 0.180. The van der Waals surface area contributed by atoms with Gasteiger partial charge >= 0.3 is 0 Å². The summed E-state index contributed by atoms with van der Waals surface area (Å²) in [5.74, 6) is 0.771. The molecule has 0 aliphatic rings. The van der Waals surface area contributed by atoms with Crippen LogP contribution in [-0.4, -0.2) is 33.1 Å². The van der Waals surface area contributed by atoms with Crippen LogP contribution >= 0.6 is 0 Å². The van der Waals surface area contributed by atoms with Crippen LogP contribution in [0.25, 0.3) is 0 Å². The SMILES string of the molecule is Cc1cc(C(C)(C)C)cc(CN(CCN(Cc2ccccc2)Cc2cc(C(C)(C)C)cc(C)c2O)Cc2ccccc2)c1O. The molecule has 0 radical (unpaired) electrons. The number of phenols is 2. The average molecular weight is 593 g/mol. The number of hydrogen-bond donors (Lipinski definition) is 2. The molecule has 0 saturated heterocycles. The van der Waals surface area contributed by atoms with Gasteiger partial charge < -0.3 is 10.2 Å². The van der Waals surface area contributed by atoms with E-state index in [1.54, 1.807) is 0 Å². The van der Waals surface area contributed by atoms with Crippen molar-refractivity contribution in [2.24, 2.45) is 0 Å². The van der Waals surface area contributed by atoms with Gasteiger partial charge in [-0.2, -0.15) is 0 Å². The van der Waals surface area contributed by atoms with E-state index in [-0.39, 0.29) is 10.8 Å². The van der Waals surface area contributed by atoms with Gasteiger partial charge in [-0.15, -0.1) is 0 Å². The highest BCUT2D eigenvalue weighted by Gasteiger charge is 2.22. The summed E-state index contributed by atoms with van der Waals surface area (Å²) < 4.78 is 0. The molecule has 0 aromatic heterocycles. The predicted molar refractivity (Wildman–Crippen MR) is 184 cm³/mol. The summed E-state index contributed by atoms with van der Waals surface area (Å²) in [6.07, 6.45) is 0.